The molecule has 1 N–H and O–H groups in total. The third kappa shape index (κ3) is 5.27. The molecule has 1 aromatic rings. The number of hydrogen-bond donors (Lipinski definition) is 1. The largest absolute Gasteiger partial charge is 0.484 e. The lowest BCUT2D eigenvalue weighted by atomic mass is 10.3. The first kappa shape index (κ1) is 15.6. The van der Waals surface area contributed by atoms with Gasteiger partial charge in [-0.25, -0.2) is 0 Å². The average molecular weight is 311 g/mol. The molecule has 0 spiro atoms. The van der Waals surface area contributed by atoms with Gasteiger partial charge in [-0.05, 0) is 37.1 Å². The zero-order valence-corrected chi connectivity index (χ0v) is 12.6. The molecule has 114 valence electrons. The SMILES string of the molecule is O=C(COc1ccc(Cl)cc1)NCCCN1CCCC1=O. The molecular weight excluding hydrogens is 292 g/mol. The highest BCUT2D eigenvalue weighted by molar-refractivity contribution is 6.30. The summed E-state index contributed by atoms with van der Waals surface area (Å²) >= 11 is 5.76. The molecule has 1 heterocycles. The Hall–Kier alpha value is -1.75. The summed E-state index contributed by atoms with van der Waals surface area (Å²) in [5, 5.41) is 3.40. The fraction of sp³-hybridized carbons (Fsp3) is 0.467. The lowest BCUT2D eigenvalue weighted by Gasteiger charge is -2.15. The summed E-state index contributed by atoms with van der Waals surface area (Å²) < 4.78 is 5.34. The van der Waals surface area contributed by atoms with E-state index in [9.17, 15) is 9.59 Å². The molecule has 5 nitrogen and oxygen atoms in total. The Balaban J connectivity index is 1.57. The average Bonchev–Trinajstić information content (AvgIpc) is 2.88. The van der Waals surface area contributed by atoms with E-state index in [4.69, 9.17) is 16.3 Å². The van der Waals surface area contributed by atoms with Crippen molar-refractivity contribution in [2.75, 3.05) is 26.2 Å². The van der Waals surface area contributed by atoms with Gasteiger partial charge in [0.2, 0.25) is 5.91 Å². The molecule has 0 radical (unpaired) electrons. The Morgan fingerprint density at radius 1 is 1.33 bits per heavy atom. The number of rotatable bonds is 7. The normalized spacial score (nSPS) is 14.3. The van der Waals surface area contributed by atoms with Gasteiger partial charge in [-0.1, -0.05) is 11.6 Å². The van der Waals surface area contributed by atoms with E-state index < -0.39 is 0 Å². The molecule has 0 atom stereocenters. The molecule has 0 saturated carbocycles. The van der Waals surface area contributed by atoms with E-state index in [2.05, 4.69) is 5.32 Å². The van der Waals surface area contributed by atoms with Crippen LogP contribution in [-0.2, 0) is 9.59 Å². The first-order chi connectivity index (χ1) is 10.1. The highest BCUT2D eigenvalue weighted by Crippen LogP contribution is 2.15. The Kier molecular flexibility index (Phi) is 5.87. The lowest BCUT2D eigenvalue weighted by molar-refractivity contribution is -0.127. The van der Waals surface area contributed by atoms with Gasteiger partial charge in [0.1, 0.15) is 5.75 Å². The van der Waals surface area contributed by atoms with Crippen LogP contribution in [0.1, 0.15) is 19.3 Å². The smallest absolute Gasteiger partial charge is 0.257 e. The topological polar surface area (TPSA) is 58.6 Å². The van der Waals surface area contributed by atoms with Crippen molar-refractivity contribution >= 4 is 23.4 Å². The second kappa shape index (κ2) is 7.88. The van der Waals surface area contributed by atoms with Crippen LogP contribution in [0.4, 0.5) is 0 Å². The summed E-state index contributed by atoms with van der Waals surface area (Å²) in [5.41, 5.74) is 0. The minimum atomic E-state index is -0.169. The van der Waals surface area contributed by atoms with E-state index in [1.54, 1.807) is 24.3 Å². The number of nitrogens with one attached hydrogen (secondary N) is 1. The van der Waals surface area contributed by atoms with Crippen LogP contribution in [0.25, 0.3) is 0 Å². The third-order valence-corrected chi connectivity index (χ3v) is 3.53. The Bertz CT molecular complexity index is 490. The van der Waals surface area contributed by atoms with Gasteiger partial charge in [0.05, 0.1) is 0 Å². The van der Waals surface area contributed by atoms with Crippen LogP contribution in [0, 0.1) is 0 Å². The number of likely N-dealkylation sites (tertiary alicyclic amines) is 1. The van der Waals surface area contributed by atoms with Crippen LogP contribution >= 0.6 is 11.6 Å². The Labute approximate surface area is 129 Å². The number of ether oxygens (including phenoxy) is 1. The van der Waals surface area contributed by atoms with Crippen molar-refractivity contribution in [2.24, 2.45) is 0 Å². The fourth-order valence-corrected chi connectivity index (χ4v) is 2.29. The van der Waals surface area contributed by atoms with Crippen LogP contribution < -0.4 is 10.1 Å². The molecule has 1 aromatic carbocycles. The zero-order chi connectivity index (χ0) is 15.1. The Morgan fingerprint density at radius 3 is 2.76 bits per heavy atom. The van der Waals surface area contributed by atoms with Crippen molar-refractivity contribution in [1.82, 2.24) is 10.2 Å². The van der Waals surface area contributed by atoms with E-state index in [0.29, 0.717) is 30.3 Å². The summed E-state index contributed by atoms with van der Waals surface area (Å²) in [6.45, 7) is 2.07. The predicted molar refractivity (Wildman–Crippen MR) is 80.4 cm³/mol. The molecule has 2 rings (SSSR count). The number of nitrogens with zero attached hydrogens (tertiary/aromatic N) is 1. The maximum atomic E-state index is 11.6. The van der Waals surface area contributed by atoms with Gasteiger partial charge in [-0.2, -0.15) is 0 Å². The summed E-state index contributed by atoms with van der Waals surface area (Å²) in [7, 11) is 0. The number of halogens is 1. The van der Waals surface area contributed by atoms with Gasteiger partial charge in [0, 0.05) is 31.1 Å². The summed E-state index contributed by atoms with van der Waals surface area (Å²) in [5.74, 6) is 0.655. The van der Waals surface area contributed by atoms with E-state index in [0.717, 1.165) is 19.4 Å². The molecule has 0 bridgehead atoms. The molecule has 0 aliphatic carbocycles. The van der Waals surface area contributed by atoms with Crippen LogP contribution in [0.3, 0.4) is 0 Å². The fourth-order valence-electron chi connectivity index (χ4n) is 2.17. The first-order valence-electron chi connectivity index (χ1n) is 7.08. The van der Waals surface area contributed by atoms with Crippen LogP contribution in [0.2, 0.25) is 5.02 Å². The molecule has 1 aliphatic heterocycles. The molecule has 1 fully saturated rings. The van der Waals surface area contributed by atoms with Crippen molar-refractivity contribution in [2.45, 2.75) is 19.3 Å². The number of carbonyl (C=O) groups is 2. The van der Waals surface area contributed by atoms with Crippen LogP contribution in [-0.4, -0.2) is 43.0 Å². The Morgan fingerprint density at radius 2 is 2.10 bits per heavy atom. The molecule has 0 unspecified atom stereocenters. The second-order valence-corrected chi connectivity index (χ2v) is 5.37. The van der Waals surface area contributed by atoms with Gasteiger partial charge < -0.3 is 15.0 Å². The van der Waals surface area contributed by atoms with E-state index >= 15 is 0 Å². The van der Waals surface area contributed by atoms with E-state index in [1.165, 1.54) is 0 Å². The molecule has 21 heavy (non-hydrogen) atoms. The van der Waals surface area contributed by atoms with Crippen molar-refractivity contribution in [3.05, 3.63) is 29.3 Å². The maximum absolute atomic E-state index is 11.6. The molecule has 1 saturated heterocycles. The van der Waals surface area contributed by atoms with Crippen LogP contribution in [0.15, 0.2) is 24.3 Å². The van der Waals surface area contributed by atoms with Gasteiger partial charge in [0.15, 0.2) is 6.61 Å². The standard InChI is InChI=1S/C15H19ClN2O3/c16-12-4-6-13(7-5-12)21-11-14(19)17-8-2-10-18-9-1-3-15(18)20/h4-7H,1-3,8-11H2,(H,17,19). The highest BCUT2D eigenvalue weighted by Gasteiger charge is 2.18. The predicted octanol–water partition coefficient (Wildman–Crippen LogP) is 1.85. The zero-order valence-electron chi connectivity index (χ0n) is 11.8. The quantitative estimate of drug-likeness (QED) is 0.782. The van der Waals surface area contributed by atoms with Gasteiger partial charge >= 0.3 is 0 Å². The van der Waals surface area contributed by atoms with Crippen molar-refractivity contribution in [1.29, 1.82) is 0 Å². The second-order valence-electron chi connectivity index (χ2n) is 4.93. The highest BCUT2D eigenvalue weighted by atomic mass is 35.5. The van der Waals surface area contributed by atoms with Crippen molar-refractivity contribution in [3.63, 3.8) is 0 Å². The van der Waals surface area contributed by atoms with Crippen LogP contribution in [0.5, 0.6) is 5.75 Å². The van der Waals surface area contributed by atoms with Crippen molar-refractivity contribution < 1.29 is 14.3 Å². The molecule has 6 heteroatoms. The maximum Gasteiger partial charge on any atom is 0.257 e. The van der Waals surface area contributed by atoms with Gasteiger partial charge in [-0.3, -0.25) is 9.59 Å². The van der Waals surface area contributed by atoms with Gasteiger partial charge in [0.25, 0.3) is 5.91 Å². The molecular formula is C15H19ClN2O3. The van der Waals surface area contributed by atoms with Crippen molar-refractivity contribution in [3.8, 4) is 5.75 Å². The first-order valence-corrected chi connectivity index (χ1v) is 7.46. The number of hydrogen-bond acceptors (Lipinski definition) is 3. The van der Waals surface area contributed by atoms with E-state index in [1.807, 2.05) is 4.90 Å². The minimum absolute atomic E-state index is 0.0235. The molecule has 0 aromatic heterocycles. The van der Waals surface area contributed by atoms with Gasteiger partial charge in [-0.15, -0.1) is 0 Å². The summed E-state index contributed by atoms with van der Waals surface area (Å²) in [6, 6.07) is 6.85. The minimum Gasteiger partial charge on any atom is -0.484 e. The number of benzene rings is 1. The van der Waals surface area contributed by atoms with E-state index in [-0.39, 0.29) is 18.4 Å². The lowest BCUT2D eigenvalue weighted by Crippen LogP contribution is -2.33. The third-order valence-electron chi connectivity index (χ3n) is 3.28. The molecule has 2 amide bonds. The number of carbonyl (C=O) groups excluding carboxylic acids is 2. The summed E-state index contributed by atoms with van der Waals surface area (Å²) in [4.78, 5) is 24.8. The monoisotopic (exact) mass is 310 g/mol. The number of amides is 2. The molecule has 1 aliphatic rings. The summed E-state index contributed by atoms with van der Waals surface area (Å²) in [6.07, 6.45) is 2.36.